The summed E-state index contributed by atoms with van der Waals surface area (Å²) in [5.41, 5.74) is 2.19. The van der Waals surface area contributed by atoms with E-state index in [-0.39, 0.29) is 11.1 Å². The van der Waals surface area contributed by atoms with Gasteiger partial charge in [-0.2, -0.15) is 0 Å². The molecule has 1 amide bonds. The second-order valence-electron chi connectivity index (χ2n) is 7.20. The Hall–Kier alpha value is -4.33. The summed E-state index contributed by atoms with van der Waals surface area (Å²) in [6.45, 7) is 5.60. The van der Waals surface area contributed by atoms with Crippen LogP contribution in [0.1, 0.15) is 22.8 Å². The van der Waals surface area contributed by atoms with Crippen molar-refractivity contribution in [3.05, 3.63) is 83.1 Å². The number of allylic oxidation sites excluding steroid dienone is 1. The number of amides is 1. The first-order chi connectivity index (χ1) is 16.4. The lowest BCUT2D eigenvalue weighted by Crippen LogP contribution is -2.24. The lowest BCUT2D eigenvalue weighted by Gasteiger charge is -2.18. The van der Waals surface area contributed by atoms with Crippen molar-refractivity contribution in [3.8, 4) is 11.5 Å². The largest absolute Gasteiger partial charge is 0.493 e. The lowest BCUT2D eigenvalue weighted by molar-refractivity contribution is -0.136. The fourth-order valence-electron chi connectivity index (χ4n) is 3.56. The molecule has 3 rings (SSSR count). The molecule has 34 heavy (non-hydrogen) atoms. The third-order valence-corrected chi connectivity index (χ3v) is 5.19. The van der Waals surface area contributed by atoms with Crippen molar-refractivity contribution >= 4 is 29.6 Å². The molecule has 0 bridgehead atoms. The predicted octanol–water partition coefficient (Wildman–Crippen LogP) is 3.92. The first-order valence-electron chi connectivity index (χ1n) is 10.3. The van der Waals surface area contributed by atoms with Crippen molar-refractivity contribution in [2.75, 3.05) is 32.8 Å². The smallest absolute Gasteiger partial charge is 0.340 e. The minimum atomic E-state index is -0.635. The number of ether oxygens (including phenoxy) is 4. The van der Waals surface area contributed by atoms with E-state index < -0.39 is 17.8 Å². The van der Waals surface area contributed by atoms with E-state index >= 15 is 0 Å². The van der Waals surface area contributed by atoms with Gasteiger partial charge < -0.3 is 18.9 Å². The Bertz CT molecular complexity index is 1190. The lowest BCUT2D eigenvalue weighted by atomic mass is 10.0. The molecule has 2 aromatic rings. The molecular weight excluding hydrogens is 438 g/mol. The maximum atomic E-state index is 13.4. The van der Waals surface area contributed by atoms with E-state index in [1.165, 1.54) is 26.2 Å². The van der Waals surface area contributed by atoms with Gasteiger partial charge in [-0.25, -0.2) is 9.59 Å². The number of anilines is 1. The molecule has 0 atom stereocenters. The number of hydrogen-bond donors (Lipinski definition) is 0. The number of methoxy groups -OCH3 is 3. The molecule has 0 aromatic heterocycles. The molecule has 1 heterocycles. The van der Waals surface area contributed by atoms with Crippen LogP contribution in [0.25, 0.3) is 6.08 Å². The fraction of sp³-hybridized carbons (Fsp3) is 0.192. The Labute approximate surface area is 197 Å². The van der Waals surface area contributed by atoms with Crippen molar-refractivity contribution in [2.45, 2.75) is 6.92 Å². The van der Waals surface area contributed by atoms with E-state index in [4.69, 9.17) is 18.9 Å². The minimum Gasteiger partial charge on any atom is -0.493 e. The number of carbonyl (C=O) groups is 3. The van der Waals surface area contributed by atoms with Crippen LogP contribution < -0.4 is 14.4 Å². The van der Waals surface area contributed by atoms with Gasteiger partial charge in [0, 0.05) is 11.4 Å². The standard InChI is InChI=1S/C26H25NO7/c1-6-13-34-21-12-7-17(15-22(21)31-3)14-20-23(26(30)33-5)16(2)27(24(20)28)19-10-8-18(9-11-19)25(29)32-4/h6-12,14-15H,1,13H2,2-5H3/b20-14-. The van der Waals surface area contributed by atoms with E-state index in [9.17, 15) is 14.4 Å². The number of nitrogens with zero attached hydrogens (tertiary/aromatic N) is 1. The average Bonchev–Trinajstić information content (AvgIpc) is 3.11. The molecule has 0 spiro atoms. The second-order valence-corrected chi connectivity index (χ2v) is 7.20. The Morgan fingerprint density at radius 1 is 0.971 bits per heavy atom. The molecule has 0 radical (unpaired) electrons. The topological polar surface area (TPSA) is 91.4 Å². The number of benzene rings is 2. The average molecular weight is 463 g/mol. The van der Waals surface area contributed by atoms with Crippen LogP contribution in [0, 0.1) is 0 Å². The summed E-state index contributed by atoms with van der Waals surface area (Å²) in [6.07, 6.45) is 3.22. The summed E-state index contributed by atoms with van der Waals surface area (Å²) < 4.78 is 20.6. The molecule has 1 aliphatic heterocycles. The van der Waals surface area contributed by atoms with E-state index in [1.54, 1.807) is 61.5 Å². The molecule has 0 fully saturated rings. The number of carbonyl (C=O) groups excluding carboxylic acids is 3. The maximum absolute atomic E-state index is 13.4. The summed E-state index contributed by atoms with van der Waals surface area (Å²) in [5, 5.41) is 0. The number of hydrogen-bond acceptors (Lipinski definition) is 7. The van der Waals surface area contributed by atoms with E-state index in [1.807, 2.05) is 0 Å². The van der Waals surface area contributed by atoms with Gasteiger partial charge in [-0.15, -0.1) is 0 Å². The van der Waals surface area contributed by atoms with Gasteiger partial charge in [0.15, 0.2) is 11.5 Å². The zero-order valence-corrected chi connectivity index (χ0v) is 19.4. The minimum absolute atomic E-state index is 0.149. The highest BCUT2D eigenvalue weighted by Crippen LogP contribution is 2.36. The molecule has 0 saturated heterocycles. The molecule has 0 N–H and O–H groups in total. The fourth-order valence-corrected chi connectivity index (χ4v) is 3.56. The zero-order valence-electron chi connectivity index (χ0n) is 19.4. The molecule has 1 aliphatic rings. The van der Waals surface area contributed by atoms with Crippen molar-refractivity contribution in [2.24, 2.45) is 0 Å². The van der Waals surface area contributed by atoms with Gasteiger partial charge in [-0.05, 0) is 55.0 Å². The molecule has 2 aromatic carbocycles. The van der Waals surface area contributed by atoms with Crippen molar-refractivity contribution in [1.82, 2.24) is 0 Å². The van der Waals surface area contributed by atoms with Crippen LogP contribution in [0.15, 0.2) is 72.0 Å². The molecule has 0 unspecified atom stereocenters. The van der Waals surface area contributed by atoms with Gasteiger partial charge in [0.05, 0.1) is 38.0 Å². The van der Waals surface area contributed by atoms with Gasteiger partial charge >= 0.3 is 11.9 Å². The van der Waals surface area contributed by atoms with Crippen LogP contribution in [0.5, 0.6) is 11.5 Å². The third-order valence-electron chi connectivity index (χ3n) is 5.19. The van der Waals surface area contributed by atoms with Gasteiger partial charge in [-0.3, -0.25) is 9.69 Å². The second kappa shape index (κ2) is 10.5. The van der Waals surface area contributed by atoms with Crippen LogP contribution in [0.3, 0.4) is 0 Å². The molecule has 8 heteroatoms. The normalized spacial score (nSPS) is 14.3. The predicted molar refractivity (Wildman–Crippen MR) is 127 cm³/mol. The molecule has 0 aliphatic carbocycles. The Morgan fingerprint density at radius 3 is 2.24 bits per heavy atom. The summed E-state index contributed by atoms with van der Waals surface area (Å²) in [7, 11) is 4.06. The monoisotopic (exact) mass is 463 g/mol. The highest BCUT2D eigenvalue weighted by Gasteiger charge is 2.38. The first-order valence-corrected chi connectivity index (χ1v) is 10.3. The van der Waals surface area contributed by atoms with Gasteiger partial charge in [0.25, 0.3) is 5.91 Å². The summed E-state index contributed by atoms with van der Waals surface area (Å²) in [6, 6.07) is 11.5. The van der Waals surface area contributed by atoms with Crippen LogP contribution in [0.4, 0.5) is 5.69 Å². The maximum Gasteiger partial charge on any atom is 0.340 e. The molecule has 0 saturated carbocycles. The quantitative estimate of drug-likeness (QED) is 0.333. The molecular formula is C26H25NO7. The Kier molecular flexibility index (Phi) is 7.53. The third kappa shape index (κ3) is 4.71. The molecule has 176 valence electrons. The van der Waals surface area contributed by atoms with Gasteiger partial charge in [0.1, 0.15) is 6.61 Å². The summed E-state index contributed by atoms with van der Waals surface area (Å²) in [5.74, 6) is -0.540. The summed E-state index contributed by atoms with van der Waals surface area (Å²) >= 11 is 0. The van der Waals surface area contributed by atoms with Crippen LogP contribution in [0.2, 0.25) is 0 Å². The van der Waals surface area contributed by atoms with E-state index in [2.05, 4.69) is 6.58 Å². The van der Waals surface area contributed by atoms with Gasteiger partial charge in [0.2, 0.25) is 0 Å². The highest BCUT2D eigenvalue weighted by atomic mass is 16.5. The zero-order chi connectivity index (χ0) is 24.8. The number of esters is 2. The Balaban J connectivity index is 2.05. The Morgan fingerprint density at radius 2 is 1.65 bits per heavy atom. The molecule has 8 nitrogen and oxygen atoms in total. The summed E-state index contributed by atoms with van der Waals surface area (Å²) in [4.78, 5) is 39.2. The van der Waals surface area contributed by atoms with E-state index in [0.717, 1.165) is 0 Å². The van der Waals surface area contributed by atoms with Crippen molar-refractivity contribution in [3.63, 3.8) is 0 Å². The van der Waals surface area contributed by atoms with E-state index in [0.29, 0.717) is 40.6 Å². The SMILES string of the molecule is C=CCOc1ccc(/C=C2\C(=O)N(c3ccc(C(=O)OC)cc3)C(C)=C2C(=O)OC)cc1OC. The van der Waals surface area contributed by atoms with Crippen LogP contribution >= 0.6 is 0 Å². The van der Waals surface area contributed by atoms with Crippen molar-refractivity contribution in [1.29, 1.82) is 0 Å². The highest BCUT2D eigenvalue weighted by molar-refractivity contribution is 6.23. The van der Waals surface area contributed by atoms with Crippen LogP contribution in [-0.4, -0.2) is 45.8 Å². The van der Waals surface area contributed by atoms with Gasteiger partial charge in [-0.1, -0.05) is 18.7 Å². The number of rotatable bonds is 8. The van der Waals surface area contributed by atoms with Crippen LogP contribution in [-0.2, 0) is 19.1 Å². The van der Waals surface area contributed by atoms with Crippen molar-refractivity contribution < 1.29 is 33.3 Å². The first kappa shape index (κ1) is 24.3.